The van der Waals surface area contributed by atoms with Crippen molar-refractivity contribution in [3.8, 4) is 11.1 Å². The standard InChI is InChI=1S/C21H25.C13H21.2C10H13.CH2.2ClH.Zr/c1-20(2,3)16-7-9-18-14(12-16)11-15-13-17(21(4,5)6)8-10-19(15)18;1-6-10-8-11(7-2)12(9-10)13(3,4)5;2*1-10(2,3)9-7-5-4-6-8-9;;;;/h7-10,12H,11H2,1-6H3;9-10H,6-7H2,1-5H3;2*5-8H,1-3H3;1H2;2*1H;. The molecular formula is C55H76Cl2Zr. The van der Waals surface area contributed by atoms with Crippen LogP contribution in [-0.4, -0.2) is 4.21 Å². The van der Waals surface area contributed by atoms with Crippen LogP contribution in [0.25, 0.3) is 11.1 Å². The van der Waals surface area contributed by atoms with Crippen LogP contribution in [0.15, 0.2) is 99.4 Å². The van der Waals surface area contributed by atoms with Gasteiger partial charge in [0, 0.05) is 0 Å². The van der Waals surface area contributed by atoms with Gasteiger partial charge in [-0.3, -0.25) is 0 Å². The third kappa shape index (κ3) is 7.86. The van der Waals surface area contributed by atoms with E-state index in [1.165, 1.54) is 56.6 Å². The Balaban J connectivity index is 0.00000372. The predicted molar refractivity (Wildman–Crippen MR) is 262 cm³/mol. The molecule has 6 rings (SSSR count). The topological polar surface area (TPSA) is 0 Å². The van der Waals surface area contributed by atoms with Crippen molar-refractivity contribution in [2.75, 3.05) is 0 Å². The summed E-state index contributed by atoms with van der Waals surface area (Å²) in [6.45, 7) is 40.6. The molecule has 0 spiro atoms. The molecule has 0 aromatic heterocycles. The Kier molecular flexibility index (Phi) is 13.2. The molecule has 0 saturated carbocycles. The van der Waals surface area contributed by atoms with Crippen molar-refractivity contribution in [1.82, 2.24) is 0 Å². The fourth-order valence-electron chi connectivity index (χ4n) is 10.5. The second kappa shape index (κ2) is 15.9. The van der Waals surface area contributed by atoms with E-state index in [9.17, 15) is 0 Å². The second-order valence-corrected chi connectivity index (χ2v) is 35.3. The quantitative estimate of drug-likeness (QED) is 0.159. The van der Waals surface area contributed by atoms with Gasteiger partial charge >= 0.3 is 346 Å². The molecule has 2 aliphatic rings. The molecule has 0 saturated heterocycles. The van der Waals surface area contributed by atoms with E-state index in [0.29, 0.717) is 5.92 Å². The van der Waals surface area contributed by atoms with Crippen LogP contribution < -0.4 is 9.81 Å². The maximum absolute atomic E-state index is 6.18. The van der Waals surface area contributed by atoms with Gasteiger partial charge < -0.3 is 0 Å². The van der Waals surface area contributed by atoms with Gasteiger partial charge in [-0.25, -0.2) is 0 Å². The minimum absolute atomic E-state index is 0. The maximum atomic E-state index is 6.18. The molecule has 314 valence electrons. The van der Waals surface area contributed by atoms with Crippen molar-refractivity contribution >= 4 is 38.8 Å². The molecule has 3 heteroatoms. The summed E-state index contributed by atoms with van der Waals surface area (Å²) in [6, 6.07) is 32.4. The Morgan fingerprint density at radius 2 is 1.00 bits per heavy atom. The summed E-state index contributed by atoms with van der Waals surface area (Å²) < 4.78 is 12.4. The molecule has 0 radical (unpaired) electrons. The van der Waals surface area contributed by atoms with Gasteiger partial charge in [-0.15, -0.1) is 24.8 Å². The second-order valence-electron chi connectivity index (χ2n) is 22.8. The number of allylic oxidation sites excluding steroid dienone is 4. The number of hydrogen-bond acceptors (Lipinski definition) is 0. The molecule has 2 aliphatic carbocycles. The fourth-order valence-corrected chi connectivity index (χ4v) is 29.2. The molecule has 0 N–H and O–H groups in total. The third-order valence-electron chi connectivity index (χ3n) is 13.7. The van der Waals surface area contributed by atoms with Gasteiger partial charge in [0.05, 0.1) is 0 Å². The van der Waals surface area contributed by atoms with Crippen LogP contribution in [0.5, 0.6) is 0 Å². The molecule has 4 aromatic rings. The zero-order valence-corrected chi connectivity index (χ0v) is 43.4. The Bertz CT molecular complexity index is 2230. The molecule has 0 amide bonds. The van der Waals surface area contributed by atoms with Crippen LogP contribution in [0.3, 0.4) is 0 Å². The summed E-state index contributed by atoms with van der Waals surface area (Å²) in [5, 5.41) is 0. The van der Waals surface area contributed by atoms with Gasteiger partial charge in [0.2, 0.25) is 0 Å². The van der Waals surface area contributed by atoms with E-state index in [-0.39, 0.29) is 51.9 Å². The fraction of sp³-hybridized carbons (Fsp3) is 0.473. The average molecular weight is 899 g/mol. The average Bonchev–Trinajstić information content (AvgIpc) is 3.68. The number of halogens is 2. The van der Waals surface area contributed by atoms with Crippen LogP contribution >= 0.6 is 24.8 Å². The van der Waals surface area contributed by atoms with Gasteiger partial charge in [0.25, 0.3) is 0 Å². The van der Waals surface area contributed by atoms with E-state index in [1.54, 1.807) is 12.1 Å². The summed E-state index contributed by atoms with van der Waals surface area (Å²) in [6.07, 6.45) is 5.71. The molecule has 0 heterocycles. The Morgan fingerprint density at radius 1 is 0.552 bits per heavy atom. The number of hydrogen-bond donors (Lipinski definition) is 0. The van der Waals surface area contributed by atoms with Gasteiger partial charge in [-0.1, -0.05) is 0 Å². The first-order valence-electron chi connectivity index (χ1n) is 21.7. The van der Waals surface area contributed by atoms with Crippen molar-refractivity contribution < 1.29 is 18.3 Å². The first kappa shape index (κ1) is 48.4. The molecule has 0 fully saturated rings. The summed E-state index contributed by atoms with van der Waals surface area (Å²) in [4.78, 5) is 0. The molecule has 0 bridgehead atoms. The first-order valence-corrected chi connectivity index (χ1v) is 28.3. The first-order chi connectivity index (χ1) is 25.7. The van der Waals surface area contributed by atoms with Gasteiger partial charge in [0.1, 0.15) is 0 Å². The molecule has 0 aliphatic heterocycles. The Labute approximate surface area is 368 Å². The molecule has 4 aromatic carbocycles. The summed E-state index contributed by atoms with van der Waals surface area (Å²) in [7, 11) is 0. The van der Waals surface area contributed by atoms with Crippen LogP contribution in [0.4, 0.5) is 0 Å². The summed E-state index contributed by atoms with van der Waals surface area (Å²) >= 11 is -5.33. The van der Waals surface area contributed by atoms with Gasteiger partial charge in [-0.05, 0) is 0 Å². The van der Waals surface area contributed by atoms with Crippen molar-refractivity contribution in [2.24, 2.45) is 11.3 Å². The van der Waals surface area contributed by atoms with E-state index < -0.39 is 18.3 Å². The van der Waals surface area contributed by atoms with E-state index in [2.05, 4.69) is 203 Å². The number of fused-ring (bicyclic) bond motifs is 3. The molecule has 1 atom stereocenters. The molecule has 1 unspecified atom stereocenters. The van der Waals surface area contributed by atoms with Gasteiger partial charge in [-0.2, -0.15) is 0 Å². The van der Waals surface area contributed by atoms with Crippen molar-refractivity contribution in [1.29, 1.82) is 0 Å². The minimum atomic E-state index is -5.33. The van der Waals surface area contributed by atoms with Crippen LogP contribution in [0, 0.1) is 11.3 Å². The molecule has 0 nitrogen and oxygen atoms in total. The number of benzene rings is 4. The third-order valence-corrected chi connectivity index (χ3v) is 30.3. The Hall–Kier alpha value is -2.31. The van der Waals surface area contributed by atoms with Crippen LogP contribution in [0.2, 0.25) is 0 Å². The summed E-state index contributed by atoms with van der Waals surface area (Å²) in [5.41, 5.74) is 14.6. The van der Waals surface area contributed by atoms with Crippen molar-refractivity contribution in [3.05, 3.63) is 133 Å². The zero-order chi connectivity index (χ0) is 41.6. The number of rotatable bonds is 6. The normalized spacial score (nSPS) is 16.4. The molecule has 58 heavy (non-hydrogen) atoms. The monoisotopic (exact) mass is 896 g/mol. The zero-order valence-electron chi connectivity index (χ0n) is 39.3. The van der Waals surface area contributed by atoms with Crippen molar-refractivity contribution in [3.63, 3.8) is 0 Å². The molecular weight excluding hydrogens is 823 g/mol. The Morgan fingerprint density at radius 3 is 1.40 bits per heavy atom. The van der Waals surface area contributed by atoms with Gasteiger partial charge in [0.15, 0.2) is 0 Å². The van der Waals surface area contributed by atoms with E-state index in [0.717, 1.165) is 19.3 Å². The van der Waals surface area contributed by atoms with E-state index in [4.69, 9.17) is 4.21 Å². The predicted octanol–water partition coefficient (Wildman–Crippen LogP) is 14.4. The summed E-state index contributed by atoms with van der Waals surface area (Å²) in [5.74, 6) is 0.312. The van der Waals surface area contributed by atoms with Crippen LogP contribution in [0.1, 0.15) is 164 Å². The van der Waals surface area contributed by atoms with E-state index in [1.807, 2.05) is 0 Å². The van der Waals surface area contributed by atoms with E-state index >= 15 is 0 Å². The van der Waals surface area contributed by atoms with Crippen molar-refractivity contribution in [2.45, 2.75) is 159 Å². The van der Waals surface area contributed by atoms with Crippen LogP contribution in [-0.2, 0) is 46.4 Å². The SMILES string of the molecule is Cl.Cl.[CH2]=[Zr]([C]1=C(CC)C(C(C)(C)C)=CC1CC)([c]1ccc(C(C)(C)C)cc1)([c]1ccc(C(C)(C)C)cc1)[c]1c(C(C)(C)C)ccc2c1Cc1cc(C(C)(C)C)ccc1-2.